The number of carbonyl (C=O) groups excluding carboxylic acids is 1. The van der Waals surface area contributed by atoms with E-state index in [1.165, 1.54) is 37.7 Å². The van der Waals surface area contributed by atoms with Crippen molar-refractivity contribution in [2.45, 2.75) is 65.7 Å². The third kappa shape index (κ3) is 1.92. The molecule has 0 bridgehead atoms. The van der Waals surface area contributed by atoms with Gasteiger partial charge in [0, 0.05) is 6.42 Å². The van der Waals surface area contributed by atoms with Gasteiger partial charge in [0.2, 0.25) is 0 Å². The SMILES string of the molecule is C[C@@H]1CC2=CC(=O)CC[C@@H]2[C@H]2CC[C@]3(C)[C@@H](C)CC[C@H]3[C@@H]21. The van der Waals surface area contributed by atoms with Gasteiger partial charge in [0.25, 0.3) is 0 Å². The number of ketones is 1. The first-order chi connectivity index (χ1) is 10.0. The van der Waals surface area contributed by atoms with Crippen molar-refractivity contribution in [3.63, 3.8) is 0 Å². The molecule has 0 saturated heterocycles. The molecule has 1 heteroatoms. The van der Waals surface area contributed by atoms with Crippen LogP contribution >= 0.6 is 0 Å². The molecule has 0 radical (unpaired) electrons. The Bertz CT molecular complexity index is 490. The standard InChI is InChI=1S/C20H30O/c1-12-10-14-11-15(21)5-6-16(14)17-8-9-20(3)13(2)4-7-18(20)19(12)17/h11-13,16-19H,4-10H2,1-3H3/t12-,13+,16+,17-,18+,19-,20-/m1/s1. The summed E-state index contributed by atoms with van der Waals surface area (Å²) in [7, 11) is 0. The molecule has 3 saturated carbocycles. The quantitative estimate of drug-likeness (QED) is 0.611. The van der Waals surface area contributed by atoms with E-state index >= 15 is 0 Å². The van der Waals surface area contributed by atoms with Gasteiger partial charge in [0.1, 0.15) is 0 Å². The Morgan fingerprint density at radius 1 is 1.14 bits per heavy atom. The maximum atomic E-state index is 11.8. The fourth-order valence-corrected chi connectivity index (χ4v) is 6.85. The summed E-state index contributed by atoms with van der Waals surface area (Å²) in [6, 6.07) is 0. The fraction of sp³-hybridized carbons (Fsp3) is 0.850. The van der Waals surface area contributed by atoms with Crippen molar-refractivity contribution < 1.29 is 4.79 Å². The van der Waals surface area contributed by atoms with Crippen LogP contribution in [0.4, 0.5) is 0 Å². The predicted octanol–water partition coefficient (Wildman–Crippen LogP) is 5.01. The molecule has 0 unspecified atom stereocenters. The second-order valence-corrected chi connectivity index (χ2v) is 8.88. The maximum Gasteiger partial charge on any atom is 0.155 e. The van der Waals surface area contributed by atoms with Crippen LogP contribution < -0.4 is 0 Å². The van der Waals surface area contributed by atoms with Crippen molar-refractivity contribution in [3.8, 4) is 0 Å². The Balaban J connectivity index is 1.68. The smallest absolute Gasteiger partial charge is 0.155 e. The summed E-state index contributed by atoms with van der Waals surface area (Å²) < 4.78 is 0. The lowest BCUT2D eigenvalue weighted by molar-refractivity contribution is -0.116. The number of hydrogen-bond donors (Lipinski definition) is 0. The van der Waals surface area contributed by atoms with Crippen molar-refractivity contribution in [2.24, 2.45) is 40.9 Å². The Hall–Kier alpha value is -0.590. The van der Waals surface area contributed by atoms with Crippen molar-refractivity contribution in [2.75, 3.05) is 0 Å². The zero-order valence-electron chi connectivity index (χ0n) is 13.9. The summed E-state index contributed by atoms with van der Waals surface area (Å²) in [4.78, 5) is 11.8. The van der Waals surface area contributed by atoms with Crippen LogP contribution in [0, 0.1) is 40.9 Å². The molecule has 116 valence electrons. The minimum atomic E-state index is 0.391. The van der Waals surface area contributed by atoms with Crippen molar-refractivity contribution >= 4 is 5.78 Å². The highest BCUT2D eigenvalue weighted by Gasteiger charge is 2.56. The normalized spacial score (nSPS) is 52.7. The van der Waals surface area contributed by atoms with E-state index in [0.717, 1.165) is 48.3 Å². The first-order valence-electron chi connectivity index (χ1n) is 9.24. The van der Waals surface area contributed by atoms with Gasteiger partial charge < -0.3 is 0 Å². The summed E-state index contributed by atoms with van der Waals surface area (Å²) in [5, 5.41) is 0. The van der Waals surface area contributed by atoms with Gasteiger partial charge >= 0.3 is 0 Å². The number of allylic oxidation sites excluding steroid dienone is 1. The molecule has 1 nitrogen and oxygen atoms in total. The predicted molar refractivity (Wildman–Crippen MR) is 85.8 cm³/mol. The molecular formula is C20H30O. The molecule has 0 N–H and O–H groups in total. The average Bonchev–Trinajstić information content (AvgIpc) is 2.74. The molecule has 4 rings (SSSR count). The van der Waals surface area contributed by atoms with Gasteiger partial charge in [0.15, 0.2) is 5.78 Å². The van der Waals surface area contributed by atoms with E-state index < -0.39 is 0 Å². The second-order valence-electron chi connectivity index (χ2n) is 8.88. The van der Waals surface area contributed by atoms with Crippen LogP contribution in [0.5, 0.6) is 0 Å². The Morgan fingerprint density at radius 2 is 1.95 bits per heavy atom. The number of rotatable bonds is 0. The van der Waals surface area contributed by atoms with E-state index in [1.807, 2.05) is 6.08 Å². The topological polar surface area (TPSA) is 17.1 Å². The van der Waals surface area contributed by atoms with Crippen molar-refractivity contribution in [3.05, 3.63) is 11.6 Å². The molecule has 0 heterocycles. The van der Waals surface area contributed by atoms with Gasteiger partial charge in [-0.05, 0) is 85.5 Å². The molecule has 0 amide bonds. The summed E-state index contributed by atoms with van der Waals surface area (Å²) in [6.07, 6.45) is 11.0. The zero-order chi connectivity index (χ0) is 14.8. The maximum absolute atomic E-state index is 11.8. The van der Waals surface area contributed by atoms with Gasteiger partial charge in [0.05, 0.1) is 0 Å². The van der Waals surface area contributed by atoms with Crippen LogP contribution in [-0.2, 0) is 4.79 Å². The number of hydrogen-bond acceptors (Lipinski definition) is 1. The monoisotopic (exact) mass is 286 g/mol. The second kappa shape index (κ2) is 4.70. The number of carbonyl (C=O) groups is 1. The van der Waals surface area contributed by atoms with Crippen LogP contribution in [0.3, 0.4) is 0 Å². The minimum absolute atomic E-state index is 0.391. The molecule has 0 spiro atoms. The molecule has 21 heavy (non-hydrogen) atoms. The molecule has 3 fully saturated rings. The zero-order valence-corrected chi connectivity index (χ0v) is 13.9. The Kier molecular flexibility index (Phi) is 3.14. The molecule has 0 aromatic carbocycles. The van der Waals surface area contributed by atoms with E-state index in [9.17, 15) is 4.79 Å². The third-order valence-electron chi connectivity index (χ3n) is 8.11. The van der Waals surface area contributed by atoms with Crippen molar-refractivity contribution in [1.82, 2.24) is 0 Å². The summed E-state index contributed by atoms with van der Waals surface area (Å²) in [6.45, 7) is 7.56. The summed E-state index contributed by atoms with van der Waals surface area (Å²) in [5.41, 5.74) is 2.14. The van der Waals surface area contributed by atoms with Crippen LogP contribution in [0.2, 0.25) is 0 Å². The molecular weight excluding hydrogens is 256 g/mol. The van der Waals surface area contributed by atoms with E-state index in [1.54, 1.807) is 0 Å². The van der Waals surface area contributed by atoms with E-state index in [2.05, 4.69) is 20.8 Å². The Labute approximate surface area is 129 Å². The molecule has 0 aliphatic heterocycles. The van der Waals surface area contributed by atoms with E-state index in [-0.39, 0.29) is 0 Å². The minimum Gasteiger partial charge on any atom is -0.295 e. The molecule has 4 aliphatic rings. The van der Waals surface area contributed by atoms with Gasteiger partial charge in [-0.1, -0.05) is 26.3 Å². The lowest BCUT2D eigenvalue weighted by Gasteiger charge is -2.56. The highest BCUT2D eigenvalue weighted by molar-refractivity contribution is 5.91. The molecule has 7 atom stereocenters. The largest absolute Gasteiger partial charge is 0.295 e. The van der Waals surface area contributed by atoms with Crippen LogP contribution in [-0.4, -0.2) is 5.78 Å². The molecule has 0 aromatic heterocycles. The summed E-state index contributed by atoms with van der Waals surface area (Å²) in [5.74, 6) is 5.63. The highest BCUT2D eigenvalue weighted by atomic mass is 16.1. The van der Waals surface area contributed by atoms with Crippen LogP contribution in [0.15, 0.2) is 11.6 Å². The van der Waals surface area contributed by atoms with Gasteiger partial charge in [-0.15, -0.1) is 0 Å². The van der Waals surface area contributed by atoms with Crippen molar-refractivity contribution in [1.29, 1.82) is 0 Å². The van der Waals surface area contributed by atoms with E-state index in [0.29, 0.717) is 11.2 Å². The first-order valence-corrected chi connectivity index (χ1v) is 9.24. The molecule has 4 aliphatic carbocycles. The number of fused-ring (bicyclic) bond motifs is 5. The third-order valence-corrected chi connectivity index (χ3v) is 8.11. The van der Waals surface area contributed by atoms with E-state index in [4.69, 9.17) is 0 Å². The fourth-order valence-electron chi connectivity index (χ4n) is 6.85. The highest BCUT2D eigenvalue weighted by Crippen LogP contribution is 2.64. The Morgan fingerprint density at radius 3 is 2.76 bits per heavy atom. The lowest BCUT2D eigenvalue weighted by Crippen LogP contribution is -2.49. The molecule has 0 aromatic rings. The first kappa shape index (κ1) is 14.0. The van der Waals surface area contributed by atoms with Crippen LogP contribution in [0.25, 0.3) is 0 Å². The summed E-state index contributed by atoms with van der Waals surface area (Å²) >= 11 is 0. The van der Waals surface area contributed by atoms with Gasteiger partial charge in [-0.25, -0.2) is 0 Å². The lowest BCUT2D eigenvalue weighted by atomic mass is 9.49. The van der Waals surface area contributed by atoms with Gasteiger partial charge in [-0.3, -0.25) is 4.79 Å². The average molecular weight is 286 g/mol. The van der Waals surface area contributed by atoms with Gasteiger partial charge in [-0.2, -0.15) is 0 Å². The van der Waals surface area contributed by atoms with Crippen LogP contribution in [0.1, 0.15) is 65.7 Å².